The summed E-state index contributed by atoms with van der Waals surface area (Å²) in [6.45, 7) is 1.85. The Balaban J connectivity index is 2.29. The van der Waals surface area contributed by atoms with Gasteiger partial charge in [0.15, 0.2) is 5.76 Å². The summed E-state index contributed by atoms with van der Waals surface area (Å²) in [6.07, 6.45) is 0. The zero-order valence-corrected chi connectivity index (χ0v) is 13.0. The van der Waals surface area contributed by atoms with Gasteiger partial charge in [0.25, 0.3) is 5.56 Å². The van der Waals surface area contributed by atoms with Gasteiger partial charge >= 0.3 is 5.69 Å². The fourth-order valence-corrected chi connectivity index (χ4v) is 2.96. The number of halogens is 1. The molecule has 7 heteroatoms. The van der Waals surface area contributed by atoms with Crippen LogP contribution in [-0.4, -0.2) is 14.3 Å². The summed E-state index contributed by atoms with van der Waals surface area (Å²) < 4.78 is 8.39. The molecule has 1 aromatic carbocycles. The highest BCUT2D eigenvalue weighted by Gasteiger charge is 2.14. The summed E-state index contributed by atoms with van der Waals surface area (Å²) >= 11 is 3.37. The van der Waals surface area contributed by atoms with E-state index in [1.807, 2.05) is 0 Å². The molecule has 0 bridgehead atoms. The molecule has 2 heterocycles. The Hall–Kier alpha value is -2.15. The smallest absolute Gasteiger partial charge is 0.331 e. The van der Waals surface area contributed by atoms with Crippen LogP contribution in [0.5, 0.6) is 0 Å². The van der Waals surface area contributed by atoms with Crippen LogP contribution in [0, 0.1) is 6.92 Å². The standard InChI is InChI=1S/C14H12BrN3O3/c1-8-6-9(21-16-8)7-18-13(19)10-4-3-5-11(15)12(10)17(2)14(18)20/h3-6H,7H2,1-2H3. The van der Waals surface area contributed by atoms with Crippen LogP contribution in [0.25, 0.3) is 10.9 Å². The summed E-state index contributed by atoms with van der Waals surface area (Å²) in [5, 5.41) is 4.24. The van der Waals surface area contributed by atoms with Crippen molar-refractivity contribution in [1.82, 2.24) is 14.3 Å². The van der Waals surface area contributed by atoms with Crippen LogP contribution in [0.2, 0.25) is 0 Å². The minimum Gasteiger partial charge on any atom is -0.359 e. The minimum atomic E-state index is -0.395. The molecule has 0 radical (unpaired) electrons. The third-order valence-electron chi connectivity index (χ3n) is 3.31. The van der Waals surface area contributed by atoms with E-state index in [0.717, 1.165) is 4.57 Å². The van der Waals surface area contributed by atoms with Crippen molar-refractivity contribution in [2.45, 2.75) is 13.5 Å². The molecule has 0 spiro atoms. The molecule has 3 aromatic rings. The Bertz CT molecular complexity index is 952. The van der Waals surface area contributed by atoms with Crippen LogP contribution in [-0.2, 0) is 13.6 Å². The molecule has 0 saturated carbocycles. The van der Waals surface area contributed by atoms with Crippen molar-refractivity contribution in [3.63, 3.8) is 0 Å². The van der Waals surface area contributed by atoms with Gasteiger partial charge in [-0.15, -0.1) is 0 Å². The predicted molar refractivity (Wildman–Crippen MR) is 81.5 cm³/mol. The first kappa shape index (κ1) is 13.8. The van der Waals surface area contributed by atoms with Crippen LogP contribution in [0.1, 0.15) is 11.5 Å². The molecule has 0 N–H and O–H groups in total. The molecule has 0 aliphatic carbocycles. The molecule has 0 aliphatic heterocycles. The van der Waals surface area contributed by atoms with E-state index in [2.05, 4.69) is 21.1 Å². The highest BCUT2D eigenvalue weighted by Crippen LogP contribution is 2.19. The Morgan fingerprint density at radius 3 is 2.76 bits per heavy atom. The SMILES string of the molecule is Cc1cc(Cn2c(=O)c3cccc(Br)c3n(C)c2=O)on1. The number of rotatable bonds is 2. The second-order valence-corrected chi connectivity index (χ2v) is 5.66. The molecule has 0 unspecified atom stereocenters. The topological polar surface area (TPSA) is 70.0 Å². The number of aromatic nitrogens is 3. The summed E-state index contributed by atoms with van der Waals surface area (Å²) in [5.41, 5.74) is 0.549. The first-order chi connectivity index (χ1) is 9.99. The van der Waals surface area contributed by atoms with Gasteiger partial charge < -0.3 is 4.52 Å². The largest absolute Gasteiger partial charge is 0.359 e. The zero-order valence-electron chi connectivity index (χ0n) is 11.5. The lowest BCUT2D eigenvalue weighted by atomic mass is 10.2. The molecule has 108 valence electrons. The highest BCUT2D eigenvalue weighted by molar-refractivity contribution is 9.10. The van der Waals surface area contributed by atoms with Gasteiger partial charge in [-0.2, -0.15) is 0 Å². The van der Waals surface area contributed by atoms with Crippen LogP contribution in [0.3, 0.4) is 0 Å². The lowest BCUT2D eigenvalue weighted by Crippen LogP contribution is -2.39. The van der Waals surface area contributed by atoms with Crippen LogP contribution in [0.4, 0.5) is 0 Å². The number of fused-ring (bicyclic) bond motifs is 1. The molecule has 0 aliphatic rings. The molecule has 21 heavy (non-hydrogen) atoms. The van der Waals surface area contributed by atoms with Crippen molar-refractivity contribution < 1.29 is 4.52 Å². The molecular formula is C14H12BrN3O3. The number of hydrogen-bond acceptors (Lipinski definition) is 4. The number of para-hydroxylation sites is 1. The maximum atomic E-state index is 12.5. The van der Waals surface area contributed by atoms with E-state index in [-0.39, 0.29) is 12.1 Å². The van der Waals surface area contributed by atoms with Gasteiger partial charge in [0.2, 0.25) is 0 Å². The number of nitrogens with zero attached hydrogens (tertiary/aromatic N) is 3. The van der Waals surface area contributed by atoms with Crippen molar-refractivity contribution in [3.8, 4) is 0 Å². The highest BCUT2D eigenvalue weighted by atomic mass is 79.9. The van der Waals surface area contributed by atoms with Gasteiger partial charge in [-0.05, 0) is 35.0 Å². The molecule has 3 rings (SSSR count). The van der Waals surface area contributed by atoms with E-state index in [0.29, 0.717) is 26.8 Å². The Labute approximate surface area is 127 Å². The van der Waals surface area contributed by atoms with Gasteiger partial charge in [-0.3, -0.25) is 13.9 Å². The van der Waals surface area contributed by atoms with Crippen LogP contribution >= 0.6 is 15.9 Å². The summed E-state index contributed by atoms with van der Waals surface area (Å²) in [5.74, 6) is 0.473. The zero-order chi connectivity index (χ0) is 15.1. The molecule has 0 atom stereocenters. The van der Waals surface area contributed by atoms with Gasteiger partial charge in [0, 0.05) is 17.6 Å². The van der Waals surface area contributed by atoms with Gasteiger partial charge in [0.05, 0.1) is 23.1 Å². The quantitative estimate of drug-likeness (QED) is 0.707. The monoisotopic (exact) mass is 349 g/mol. The minimum absolute atomic E-state index is 0.0643. The molecule has 0 amide bonds. The average molecular weight is 350 g/mol. The Kier molecular flexibility index (Phi) is 3.29. The maximum absolute atomic E-state index is 12.5. The second-order valence-electron chi connectivity index (χ2n) is 4.80. The van der Waals surface area contributed by atoms with Crippen molar-refractivity contribution >= 4 is 26.8 Å². The Morgan fingerprint density at radius 2 is 2.10 bits per heavy atom. The van der Waals surface area contributed by atoms with Gasteiger partial charge in [-0.25, -0.2) is 4.79 Å². The van der Waals surface area contributed by atoms with Crippen molar-refractivity contribution in [3.05, 3.63) is 61.0 Å². The average Bonchev–Trinajstić information content (AvgIpc) is 2.86. The summed E-state index contributed by atoms with van der Waals surface area (Å²) in [4.78, 5) is 24.9. The van der Waals surface area contributed by atoms with E-state index in [9.17, 15) is 9.59 Å². The molecule has 6 nitrogen and oxygen atoms in total. The third-order valence-corrected chi connectivity index (χ3v) is 3.95. The van der Waals surface area contributed by atoms with E-state index in [1.54, 1.807) is 38.2 Å². The predicted octanol–water partition coefficient (Wildman–Crippen LogP) is 1.81. The van der Waals surface area contributed by atoms with E-state index in [4.69, 9.17) is 4.52 Å². The van der Waals surface area contributed by atoms with Gasteiger partial charge in [-0.1, -0.05) is 11.2 Å². The number of benzene rings is 1. The fraction of sp³-hybridized carbons (Fsp3) is 0.214. The Morgan fingerprint density at radius 1 is 1.33 bits per heavy atom. The lowest BCUT2D eigenvalue weighted by Gasteiger charge is -2.10. The molecular weight excluding hydrogens is 338 g/mol. The van der Waals surface area contributed by atoms with E-state index in [1.165, 1.54) is 4.57 Å². The van der Waals surface area contributed by atoms with E-state index < -0.39 is 5.69 Å². The van der Waals surface area contributed by atoms with Crippen LogP contribution < -0.4 is 11.2 Å². The number of aryl methyl sites for hydroxylation is 2. The first-order valence-corrected chi connectivity index (χ1v) is 7.08. The summed E-state index contributed by atoms with van der Waals surface area (Å²) in [6, 6.07) is 6.97. The van der Waals surface area contributed by atoms with Crippen molar-refractivity contribution in [1.29, 1.82) is 0 Å². The maximum Gasteiger partial charge on any atom is 0.331 e. The first-order valence-electron chi connectivity index (χ1n) is 6.29. The van der Waals surface area contributed by atoms with Crippen LogP contribution in [0.15, 0.2) is 42.9 Å². The van der Waals surface area contributed by atoms with E-state index >= 15 is 0 Å². The summed E-state index contributed by atoms with van der Waals surface area (Å²) in [7, 11) is 1.64. The molecule has 2 aromatic heterocycles. The molecule has 0 saturated heterocycles. The lowest BCUT2D eigenvalue weighted by molar-refractivity contribution is 0.369. The van der Waals surface area contributed by atoms with Crippen molar-refractivity contribution in [2.24, 2.45) is 7.05 Å². The fourth-order valence-electron chi connectivity index (χ4n) is 2.32. The second kappa shape index (κ2) is 5.00. The number of hydrogen-bond donors (Lipinski definition) is 0. The third kappa shape index (κ3) is 2.23. The van der Waals surface area contributed by atoms with Gasteiger partial charge in [0.1, 0.15) is 0 Å². The normalized spacial score (nSPS) is 11.2. The van der Waals surface area contributed by atoms with Crippen molar-refractivity contribution in [2.75, 3.05) is 0 Å². The molecule has 0 fully saturated rings.